The Morgan fingerprint density at radius 3 is 2.89 bits per heavy atom. The predicted octanol–water partition coefficient (Wildman–Crippen LogP) is 1.24. The molecule has 0 radical (unpaired) electrons. The summed E-state index contributed by atoms with van der Waals surface area (Å²) >= 11 is 0. The number of halogens is 2. The van der Waals surface area contributed by atoms with Crippen LogP contribution in [0.25, 0.3) is 0 Å². The van der Waals surface area contributed by atoms with Crippen molar-refractivity contribution in [2.24, 2.45) is 0 Å². The zero-order chi connectivity index (χ0) is 19.6. The van der Waals surface area contributed by atoms with E-state index in [1.54, 1.807) is 20.1 Å². The third kappa shape index (κ3) is 4.00. The van der Waals surface area contributed by atoms with Crippen molar-refractivity contribution in [3.63, 3.8) is 0 Å². The molecule has 0 saturated carbocycles. The summed E-state index contributed by atoms with van der Waals surface area (Å²) in [5, 5.41) is 13.0. The summed E-state index contributed by atoms with van der Waals surface area (Å²) in [6, 6.07) is 8.72. The molecule has 0 amide bonds. The molecule has 3 rings (SSSR count). The normalized spacial score (nSPS) is 24.1. The molecule has 27 heavy (non-hydrogen) atoms. The molecule has 0 aliphatic carbocycles. The molecule has 3 atom stereocenters. The molecule has 1 aromatic carbocycles. The summed E-state index contributed by atoms with van der Waals surface area (Å²) in [6.45, 7) is 1.95. The Balaban J connectivity index is 1.67. The second-order valence-corrected chi connectivity index (χ2v) is 6.39. The van der Waals surface area contributed by atoms with Gasteiger partial charge in [-0.2, -0.15) is 13.8 Å². The van der Waals surface area contributed by atoms with E-state index in [9.17, 15) is 18.7 Å². The second kappa shape index (κ2) is 7.71. The van der Waals surface area contributed by atoms with Crippen LogP contribution in [0.1, 0.15) is 17.5 Å². The third-order valence-corrected chi connectivity index (χ3v) is 4.41. The molecule has 1 aliphatic heterocycles. The highest BCUT2D eigenvalue weighted by molar-refractivity contribution is 5.28. The molecule has 2 heterocycles. The first-order chi connectivity index (χ1) is 12.8. The van der Waals surface area contributed by atoms with E-state index in [1.807, 2.05) is 18.2 Å². The number of aliphatic hydroxyl groups excluding tert-OH is 1. The SMILES string of the molecule is COc1cccc(CNC[C@H]2O[C@@H](n3ccc(C)nc3=O)C(F)(F)[C@@H]2O)c1. The van der Waals surface area contributed by atoms with E-state index in [-0.39, 0.29) is 6.54 Å². The molecule has 146 valence electrons. The Morgan fingerprint density at radius 2 is 2.19 bits per heavy atom. The van der Waals surface area contributed by atoms with Crippen LogP contribution < -0.4 is 15.7 Å². The zero-order valence-corrected chi connectivity index (χ0v) is 14.9. The fraction of sp³-hybridized carbons (Fsp3) is 0.444. The lowest BCUT2D eigenvalue weighted by molar-refractivity contribution is -0.140. The number of hydrogen-bond acceptors (Lipinski definition) is 6. The predicted molar refractivity (Wildman–Crippen MR) is 92.8 cm³/mol. The van der Waals surface area contributed by atoms with Gasteiger partial charge < -0.3 is 19.9 Å². The fourth-order valence-electron chi connectivity index (χ4n) is 2.95. The summed E-state index contributed by atoms with van der Waals surface area (Å²) in [4.78, 5) is 15.6. The number of nitrogens with one attached hydrogen (secondary N) is 1. The summed E-state index contributed by atoms with van der Waals surface area (Å²) in [6.07, 6.45) is -3.93. The van der Waals surface area contributed by atoms with Crippen LogP contribution in [0.5, 0.6) is 5.75 Å². The van der Waals surface area contributed by atoms with E-state index in [1.165, 1.54) is 12.3 Å². The van der Waals surface area contributed by atoms with Gasteiger partial charge in [0.25, 0.3) is 0 Å². The van der Waals surface area contributed by atoms with Crippen molar-refractivity contribution >= 4 is 0 Å². The number of aliphatic hydroxyl groups is 1. The Morgan fingerprint density at radius 1 is 1.41 bits per heavy atom. The molecule has 0 unspecified atom stereocenters. The van der Waals surface area contributed by atoms with Crippen molar-refractivity contribution < 1.29 is 23.4 Å². The van der Waals surface area contributed by atoms with Gasteiger partial charge >= 0.3 is 11.6 Å². The topological polar surface area (TPSA) is 85.6 Å². The van der Waals surface area contributed by atoms with Crippen molar-refractivity contribution in [2.45, 2.75) is 37.8 Å². The molecule has 0 bridgehead atoms. The number of aryl methyl sites for hydroxylation is 1. The van der Waals surface area contributed by atoms with E-state index in [2.05, 4.69) is 10.3 Å². The van der Waals surface area contributed by atoms with Gasteiger partial charge in [0.2, 0.25) is 6.23 Å². The zero-order valence-electron chi connectivity index (χ0n) is 14.9. The highest BCUT2D eigenvalue weighted by Gasteiger charge is 2.59. The Labute approximate surface area is 154 Å². The maximum absolute atomic E-state index is 14.5. The van der Waals surface area contributed by atoms with Gasteiger partial charge in [-0.1, -0.05) is 12.1 Å². The molecule has 1 aromatic heterocycles. The van der Waals surface area contributed by atoms with E-state index >= 15 is 0 Å². The molecule has 0 spiro atoms. The Bertz CT molecular complexity index is 858. The molecule has 2 aromatic rings. The van der Waals surface area contributed by atoms with Gasteiger partial charge in [-0.05, 0) is 30.7 Å². The van der Waals surface area contributed by atoms with Crippen LogP contribution in [0, 0.1) is 6.92 Å². The van der Waals surface area contributed by atoms with Crippen molar-refractivity contribution in [3.8, 4) is 5.75 Å². The van der Waals surface area contributed by atoms with Crippen molar-refractivity contribution in [3.05, 3.63) is 58.3 Å². The van der Waals surface area contributed by atoms with Crippen LogP contribution >= 0.6 is 0 Å². The molecular weight excluding hydrogens is 360 g/mol. The first-order valence-electron chi connectivity index (χ1n) is 8.43. The number of methoxy groups -OCH3 is 1. The van der Waals surface area contributed by atoms with E-state index < -0.39 is 30.0 Å². The molecule has 9 heteroatoms. The fourth-order valence-corrected chi connectivity index (χ4v) is 2.95. The highest BCUT2D eigenvalue weighted by atomic mass is 19.3. The second-order valence-electron chi connectivity index (χ2n) is 6.39. The number of ether oxygens (including phenoxy) is 2. The van der Waals surface area contributed by atoms with Crippen LogP contribution in [-0.4, -0.2) is 46.4 Å². The van der Waals surface area contributed by atoms with E-state index in [0.717, 1.165) is 5.56 Å². The molecule has 1 saturated heterocycles. The smallest absolute Gasteiger partial charge is 0.350 e. The van der Waals surface area contributed by atoms with Gasteiger partial charge in [-0.15, -0.1) is 0 Å². The molecular formula is C18H21F2N3O4. The van der Waals surface area contributed by atoms with Crippen LogP contribution in [-0.2, 0) is 11.3 Å². The van der Waals surface area contributed by atoms with Crippen molar-refractivity contribution in [2.75, 3.05) is 13.7 Å². The minimum absolute atomic E-state index is 0.0154. The number of nitrogens with zero attached hydrogens (tertiary/aromatic N) is 2. The van der Waals surface area contributed by atoms with Gasteiger partial charge in [0.1, 0.15) is 18.0 Å². The maximum Gasteiger partial charge on any atom is 0.350 e. The summed E-state index contributed by atoms with van der Waals surface area (Å²) < 4.78 is 40.1. The third-order valence-electron chi connectivity index (χ3n) is 4.41. The molecule has 7 nitrogen and oxygen atoms in total. The lowest BCUT2D eigenvalue weighted by atomic mass is 10.1. The molecule has 1 aliphatic rings. The van der Waals surface area contributed by atoms with E-state index in [0.29, 0.717) is 22.6 Å². The number of rotatable bonds is 6. The summed E-state index contributed by atoms with van der Waals surface area (Å²) in [5.74, 6) is -2.94. The van der Waals surface area contributed by atoms with Crippen LogP contribution in [0.15, 0.2) is 41.3 Å². The Kier molecular flexibility index (Phi) is 5.54. The van der Waals surface area contributed by atoms with Crippen molar-refractivity contribution in [1.29, 1.82) is 0 Å². The Hall–Kier alpha value is -2.36. The van der Waals surface area contributed by atoms with Gasteiger partial charge in [-0.25, -0.2) is 4.79 Å². The quantitative estimate of drug-likeness (QED) is 0.783. The summed E-state index contributed by atoms with van der Waals surface area (Å²) in [5.41, 5.74) is 0.454. The minimum atomic E-state index is -3.62. The summed E-state index contributed by atoms with van der Waals surface area (Å²) in [7, 11) is 1.55. The number of hydrogen-bond donors (Lipinski definition) is 2. The largest absolute Gasteiger partial charge is 0.497 e. The monoisotopic (exact) mass is 381 g/mol. The van der Waals surface area contributed by atoms with Crippen LogP contribution in [0.2, 0.25) is 0 Å². The van der Waals surface area contributed by atoms with Crippen LogP contribution in [0.4, 0.5) is 8.78 Å². The number of benzene rings is 1. The lowest BCUT2D eigenvalue weighted by Crippen LogP contribution is -2.43. The number of alkyl halides is 2. The van der Waals surface area contributed by atoms with Gasteiger partial charge in [0.05, 0.1) is 7.11 Å². The number of aromatic nitrogens is 2. The molecule has 2 N–H and O–H groups in total. The van der Waals surface area contributed by atoms with Crippen LogP contribution in [0.3, 0.4) is 0 Å². The molecule has 1 fully saturated rings. The average molecular weight is 381 g/mol. The minimum Gasteiger partial charge on any atom is -0.497 e. The average Bonchev–Trinajstić information content (AvgIpc) is 2.86. The lowest BCUT2D eigenvalue weighted by Gasteiger charge is -2.20. The van der Waals surface area contributed by atoms with Gasteiger partial charge in [0, 0.05) is 25.0 Å². The van der Waals surface area contributed by atoms with E-state index in [4.69, 9.17) is 9.47 Å². The standard InChI is InChI=1S/C18H21F2N3O4/c1-11-6-7-23(17(25)22-11)16-18(19,20)15(24)14(27-16)10-21-9-12-4-3-5-13(8-12)26-2/h3-8,14-16,21,24H,9-10H2,1-2H3/t14-,15-,16-/m1/s1. The van der Waals surface area contributed by atoms with Gasteiger partial charge in [0.15, 0.2) is 0 Å². The van der Waals surface area contributed by atoms with Crippen molar-refractivity contribution in [1.82, 2.24) is 14.9 Å². The van der Waals surface area contributed by atoms with Gasteiger partial charge in [-0.3, -0.25) is 4.57 Å². The first-order valence-corrected chi connectivity index (χ1v) is 8.43. The first kappa shape index (κ1) is 19.4. The highest BCUT2D eigenvalue weighted by Crippen LogP contribution is 2.41. The maximum atomic E-state index is 14.5.